The molecule has 1 amide bonds. The van der Waals surface area contributed by atoms with Crippen LogP contribution in [-0.4, -0.2) is 14.8 Å². The van der Waals surface area contributed by atoms with Crippen molar-refractivity contribution in [2.24, 2.45) is 0 Å². The molecule has 5 nitrogen and oxygen atoms in total. The summed E-state index contributed by atoms with van der Waals surface area (Å²) in [5, 5.41) is 13.3. The van der Waals surface area contributed by atoms with E-state index in [1.807, 2.05) is 0 Å². The molecule has 1 atom stereocenters. The Kier molecular flexibility index (Phi) is 3.08. The topological polar surface area (TPSA) is 72.2 Å². The van der Waals surface area contributed by atoms with Crippen molar-refractivity contribution in [1.82, 2.24) is 0 Å². The summed E-state index contributed by atoms with van der Waals surface area (Å²) in [4.78, 5) is 21.7. The van der Waals surface area contributed by atoms with E-state index in [2.05, 4.69) is 27.9 Å². The monoisotopic (exact) mass is 332 g/mol. The van der Waals surface area contributed by atoms with Crippen LogP contribution in [0.5, 0.6) is 0 Å². The van der Waals surface area contributed by atoms with Gasteiger partial charge in [0, 0.05) is 12.1 Å². The fourth-order valence-corrected chi connectivity index (χ4v) is 2.10. The molecule has 0 bridgehead atoms. The largest absolute Gasteiger partial charge is 0.325 e. The molecular weight excluding hydrogens is 323 g/mol. The molecule has 1 unspecified atom stereocenters. The number of halogens is 1. The smallest absolute Gasteiger partial charge is 0.271 e. The Hall–Kier alpha value is -1.18. The lowest BCUT2D eigenvalue weighted by molar-refractivity contribution is -0.384. The third-order valence-electron chi connectivity index (χ3n) is 2.51. The second-order valence-electron chi connectivity index (χ2n) is 3.59. The third-order valence-corrected chi connectivity index (χ3v) is 3.70. The molecule has 0 aromatic heterocycles. The summed E-state index contributed by atoms with van der Waals surface area (Å²) in [5.74, 6) is -0.0835. The van der Waals surface area contributed by atoms with Gasteiger partial charge in [0.1, 0.15) is 0 Å². The van der Waals surface area contributed by atoms with Gasteiger partial charge in [0.15, 0.2) is 0 Å². The number of nitro benzene ring substituents is 1. The van der Waals surface area contributed by atoms with E-state index in [1.54, 1.807) is 6.07 Å². The second-order valence-corrected chi connectivity index (χ2v) is 5.10. The maximum atomic E-state index is 11.6. The quantitative estimate of drug-likeness (QED) is 0.371. The molecule has 1 heterocycles. The third kappa shape index (κ3) is 2.16. The molecule has 1 aliphatic heterocycles. The molecule has 84 valence electrons. The Morgan fingerprint density at radius 3 is 2.94 bits per heavy atom. The Bertz CT molecular complexity index is 461. The van der Waals surface area contributed by atoms with E-state index >= 15 is 0 Å². The first-order chi connectivity index (χ1) is 7.58. The number of nitro groups is 1. The minimum Gasteiger partial charge on any atom is -0.325 e. The summed E-state index contributed by atoms with van der Waals surface area (Å²) in [5.41, 5.74) is 1.53. The Labute approximate surface area is 106 Å². The summed E-state index contributed by atoms with van der Waals surface area (Å²) >= 11 is 2.08. The summed E-state index contributed by atoms with van der Waals surface area (Å²) < 4.78 is -0.0796. The first-order valence-electron chi connectivity index (χ1n) is 4.80. The highest BCUT2D eigenvalue weighted by Crippen LogP contribution is 2.28. The summed E-state index contributed by atoms with van der Waals surface area (Å²) in [6, 6.07) is 4.60. The van der Waals surface area contributed by atoms with Crippen molar-refractivity contribution in [2.75, 3.05) is 5.32 Å². The fourth-order valence-electron chi connectivity index (χ4n) is 1.64. The standard InChI is InChI=1S/C10H9IN2O3/c11-8-4-2-6-1-3-7(13(15)16)5-9(6)12-10(8)14/h1,3,5,8H,2,4H2,(H,12,14). The van der Waals surface area contributed by atoms with E-state index < -0.39 is 4.92 Å². The number of amides is 1. The number of rotatable bonds is 1. The van der Waals surface area contributed by atoms with Gasteiger partial charge >= 0.3 is 0 Å². The lowest BCUT2D eigenvalue weighted by atomic mass is 10.1. The minimum absolute atomic E-state index is 0.00552. The van der Waals surface area contributed by atoms with Crippen LogP contribution in [0.15, 0.2) is 18.2 Å². The Balaban J connectivity index is 2.39. The number of hydrogen-bond donors (Lipinski definition) is 1. The van der Waals surface area contributed by atoms with Gasteiger partial charge in [-0.3, -0.25) is 14.9 Å². The van der Waals surface area contributed by atoms with Gasteiger partial charge in [-0.05, 0) is 18.4 Å². The molecule has 2 rings (SSSR count). The second kappa shape index (κ2) is 4.36. The number of nitrogens with one attached hydrogen (secondary N) is 1. The zero-order chi connectivity index (χ0) is 11.7. The predicted octanol–water partition coefficient (Wildman–Crippen LogP) is 2.28. The number of carbonyl (C=O) groups excluding carboxylic acids is 1. The maximum absolute atomic E-state index is 11.6. The molecule has 6 heteroatoms. The Morgan fingerprint density at radius 1 is 1.50 bits per heavy atom. The molecule has 0 fully saturated rings. The van der Waals surface area contributed by atoms with Crippen LogP contribution in [-0.2, 0) is 11.2 Å². The number of hydrogen-bond acceptors (Lipinski definition) is 3. The van der Waals surface area contributed by atoms with Crippen molar-refractivity contribution in [3.05, 3.63) is 33.9 Å². The van der Waals surface area contributed by atoms with Gasteiger partial charge in [-0.2, -0.15) is 0 Å². The van der Waals surface area contributed by atoms with E-state index in [0.29, 0.717) is 5.69 Å². The highest BCUT2D eigenvalue weighted by molar-refractivity contribution is 14.1. The summed E-state index contributed by atoms with van der Waals surface area (Å²) in [6.07, 6.45) is 1.52. The van der Waals surface area contributed by atoms with Crippen molar-refractivity contribution in [2.45, 2.75) is 16.8 Å². The highest BCUT2D eigenvalue weighted by atomic mass is 127. The van der Waals surface area contributed by atoms with Crippen molar-refractivity contribution in [3.8, 4) is 0 Å². The fraction of sp³-hybridized carbons (Fsp3) is 0.300. The average Bonchev–Trinajstić information content (AvgIpc) is 2.38. The summed E-state index contributed by atoms with van der Waals surface area (Å²) in [6.45, 7) is 0. The summed E-state index contributed by atoms with van der Waals surface area (Å²) in [7, 11) is 0. The molecule has 1 aliphatic rings. The van der Waals surface area contributed by atoms with Crippen LogP contribution in [0.2, 0.25) is 0 Å². The number of benzene rings is 1. The van der Waals surface area contributed by atoms with Crippen molar-refractivity contribution < 1.29 is 9.72 Å². The molecule has 1 aromatic carbocycles. The molecule has 16 heavy (non-hydrogen) atoms. The number of carbonyl (C=O) groups is 1. The van der Waals surface area contributed by atoms with Crippen LogP contribution in [0.25, 0.3) is 0 Å². The van der Waals surface area contributed by atoms with Crippen LogP contribution in [0.3, 0.4) is 0 Å². The van der Waals surface area contributed by atoms with E-state index in [4.69, 9.17) is 0 Å². The maximum Gasteiger partial charge on any atom is 0.271 e. The molecule has 1 aromatic rings. The van der Waals surface area contributed by atoms with Crippen LogP contribution in [0, 0.1) is 10.1 Å². The van der Waals surface area contributed by atoms with Gasteiger partial charge in [-0.25, -0.2) is 0 Å². The van der Waals surface area contributed by atoms with Crippen molar-refractivity contribution in [1.29, 1.82) is 0 Å². The van der Waals surface area contributed by atoms with E-state index in [9.17, 15) is 14.9 Å². The lowest BCUT2D eigenvalue weighted by Crippen LogP contribution is -2.20. The van der Waals surface area contributed by atoms with Gasteiger partial charge in [0.05, 0.1) is 14.5 Å². The predicted molar refractivity (Wildman–Crippen MR) is 67.9 cm³/mol. The molecule has 0 radical (unpaired) electrons. The van der Waals surface area contributed by atoms with Crippen LogP contribution >= 0.6 is 22.6 Å². The number of non-ortho nitro benzene ring substituents is 1. The van der Waals surface area contributed by atoms with Gasteiger partial charge < -0.3 is 5.32 Å². The van der Waals surface area contributed by atoms with E-state index in [1.165, 1.54) is 12.1 Å². The average molecular weight is 332 g/mol. The van der Waals surface area contributed by atoms with Crippen LogP contribution in [0.4, 0.5) is 11.4 Å². The molecular formula is C10H9IN2O3. The SMILES string of the molecule is O=C1Nc2cc([N+](=O)[O-])ccc2CCC1I. The highest BCUT2D eigenvalue weighted by Gasteiger charge is 2.22. The first-order valence-corrected chi connectivity index (χ1v) is 6.05. The zero-order valence-electron chi connectivity index (χ0n) is 8.27. The minimum atomic E-state index is -0.459. The lowest BCUT2D eigenvalue weighted by Gasteiger charge is -2.06. The van der Waals surface area contributed by atoms with Gasteiger partial charge in [-0.15, -0.1) is 0 Å². The van der Waals surface area contributed by atoms with E-state index in [0.717, 1.165) is 18.4 Å². The zero-order valence-corrected chi connectivity index (χ0v) is 10.4. The number of alkyl halides is 1. The first kappa shape index (κ1) is 11.3. The van der Waals surface area contributed by atoms with E-state index in [-0.39, 0.29) is 15.5 Å². The van der Waals surface area contributed by atoms with Gasteiger partial charge in [-0.1, -0.05) is 28.7 Å². The Morgan fingerprint density at radius 2 is 2.25 bits per heavy atom. The van der Waals surface area contributed by atoms with Gasteiger partial charge in [0.25, 0.3) is 5.69 Å². The molecule has 0 saturated heterocycles. The molecule has 1 N–H and O–H groups in total. The van der Waals surface area contributed by atoms with Crippen LogP contribution < -0.4 is 5.32 Å². The molecule has 0 aliphatic carbocycles. The molecule has 0 saturated carbocycles. The van der Waals surface area contributed by atoms with Gasteiger partial charge in [0.2, 0.25) is 5.91 Å². The van der Waals surface area contributed by atoms with Crippen molar-refractivity contribution in [3.63, 3.8) is 0 Å². The normalized spacial score (nSPS) is 19.6. The number of anilines is 1. The number of aryl methyl sites for hydroxylation is 1. The number of fused-ring (bicyclic) bond motifs is 1. The molecule has 0 spiro atoms. The number of nitrogens with zero attached hydrogens (tertiary/aromatic N) is 1. The van der Waals surface area contributed by atoms with Crippen molar-refractivity contribution >= 4 is 39.9 Å². The van der Waals surface area contributed by atoms with Crippen LogP contribution in [0.1, 0.15) is 12.0 Å².